The Kier molecular flexibility index (Phi) is 6.38. The molecular formula is C20H20N2O6S. The first-order valence-electron chi connectivity index (χ1n) is 8.88. The van der Waals surface area contributed by atoms with Crippen LogP contribution in [0.4, 0.5) is 5.69 Å². The Bertz CT molecular complexity index is 927. The molecule has 3 rings (SSSR count). The number of carbonyl (C=O) groups is 4. The first kappa shape index (κ1) is 20.7. The summed E-state index contributed by atoms with van der Waals surface area (Å²) in [7, 11) is 0. The van der Waals surface area contributed by atoms with Crippen LogP contribution in [0.5, 0.6) is 0 Å². The first-order chi connectivity index (χ1) is 13.9. The summed E-state index contributed by atoms with van der Waals surface area (Å²) in [4.78, 5) is 49.5. The van der Waals surface area contributed by atoms with Crippen LogP contribution in [0.1, 0.15) is 35.3 Å². The lowest BCUT2D eigenvalue weighted by molar-refractivity contribution is -0.155. The third-order valence-electron chi connectivity index (χ3n) is 4.32. The van der Waals surface area contributed by atoms with Crippen LogP contribution in [0, 0.1) is 0 Å². The van der Waals surface area contributed by atoms with Gasteiger partial charge in [0.05, 0.1) is 6.26 Å². The molecule has 2 amide bonds. The molecule has 2 aromatic rings. The van der Waals surface area contributed by atoms with E-state index in [0.717, 1.165) is 0 Å². The fourth-order valence-corrected chi connectivity index (χ4v) is 4.39. The quantitative estimate of drug-likeness (QED) is 0.570. The van der Waals surface area contributed by atoms with Crippen molar-refractivity contribution < 1.29 is 28.3 Å². The summed E-state index contributed by atoms with van der Waals surface area (Å²) in [5.41, 5.74) is 0.891. The molecule has 1 aliphatic heterocycles. The van der Waals surface area contributed by atoms with Gasteiger partial charge in [-0.2, -0.15) is 0 Å². The summed E-state index contributed by atoms with van der Waals surface area (Å²) in [6, 6.07) is 9.11. The number of carbonyl (C=O) groups excluding carboxylic acids is 4. The third-order valence-corrected chi connectivity index (χ3v) is 5.60. The van der Waals surface area contributed by atoms with E-state index in [-0.39, 0.29) is 11.7 Å². The van der Waals surface area contributed by atoms with E-state index < -0.39 is 29.9 Å². The molecule has 2 atom stereocenters. The molecule has 0 bridgehead atoms. The fourth-order valence-electron chi connectivity index (χ4n) is 2.97. The van der Waals surface area contributed by atoms with Gasteiger partial charge in [0, 0.05) is 23.9 Å². The van der Waals surface area contributed by atoms with Crippen LogP contribution in [0.2, 0.25) is 0 Å². The molecule has 0 spiro atoms. The number of ketones is 1. The smallest absolute Gasteiger partial charge is 0.330 e. The van der Waals surface area contributed by atoms with Crippen LogP contribution in [0.3, 0.4) is 0 Å². The van der Waals surface area contributed by atoms with Crippen LogP contribution < -0.4 is 5.32 Å². The van der Waals surface area contributed by atoms with Crippen LogP contribution in [0.25, 0.3) is 0 Å². The molecule has 2 heterocycles. The molecule has 1 fully saturated rings. The number of furan rings is 1. The number of amides is 2. The largest absolute Gasteiger partial charge is 0.466 e. The number of esters is 1. The molecule has 152 valence electrons. The molecule has 0 radical (unpaired) electrons. The summed E-state index contributed by atoms with van der Waals surface area (Å²) in [6.07, 6.45) is 1.51. The number of ether oxygens (including phenoxy) is 1. The van der Waals surface area contributed by atoms with Crippen molar-refractivity contribution in [1.82, 2.24) is 4.90 Å². The minimum Gasteiger partial charge on any atom is -0.466 e. The van der Waals surface area contributed by atoms with Crippen molar-refractivity contribution in [2.75, 3.05) is 17.7 Å². The lowest BCUT2D eigenvalue weighted by Crippen LogP contribution is -2.43. The van der Waals surface area contributed by atoms with Crippen LogP contribution in [0.15, 0.2) is 47.1 Å². The molecule has 1 aromatic heterocycles. The average Bonchev–Trinajstić information content (AvgIpc) is 3.35. The number of benzene rings is 1. The Hall–Kier alpha value is -3.07. The van der Waals surface area contributed by atoms with E-state index in [4.69, 9.17) is 9.15 Å². The second-order valence-corrected chi connectivity index (χ2v) is 7.55. The normalized spacial score (nSPS) is 18.3. The minimum atomic E-state index is -0.804. The van der Waals surface area contributed by atoms with Crippen molar-refractivity contribution in [3.63, 3.8) is 0 Å². The molecule has 0 saturated carbocycles. The summed E-state index contributed by atoms with van der Waals surface area (Å²) in [6.45, 7) is 2.30. The molecule has 1 N–H and O–H groups in total. The molecule has 0 unspecified atom stereocenters. The van der Waals surface area contributed by atoms with E-state index >= 15 is 0 Å². The Morgan fingerprint density at radius 2 is 2.00 bits per heavy atom. The standard InChI is InChI=1S/C20H20N2O6S/c1-12(23)14-5-3-6-15(9-14)21-18(25)10-28-20(26)16-11-29-19(22(16)13(2)24)17-7-4-8-27-17/h3-9,16,19H,10-11H2,1-2H3,(H,21,25)/t16-,19+/m0/s1. The van der Waals surface area contributed by atoms with E-state index in [1.54, 1.807) is 36.4 Å². The highest BCUT2D eigenvalue weighted by molar-refractivity contribution is 7.99. The van der Waals surface area contributed by atoms with Crippen LogP contribution >= 0.6 is 11.8 Å². The molecule has 1 aliphatic rings. The Morgan fingerprint density at radius 1 is 1.21 bits per heavy atom. The number of thioether (sulfide) groups is 1. The van der Waals surface area contributed by atoms with Crippen molar-refractivity contribution >= 4 is 41.0 Å². The maximum atomic E-state index is 12.5. The Balaban J connectivity index is 1.58. The topological polar surface area (TPSA) is 106 Å². The van der Waals surface area contributed by atoms with E-state index in [0.29, 0.717) is 22.8 Å². The predicted molar refractivity (Wildman–Crippen MR) is 106 cm³/mol. The molecule has 9 heteroatoms. The van der Waals surface area contributed by atoms with Gasteiger partial charge >= 0.3 is 5.97 Å². The average molecular weight is 416 g/mol. The van der Waals surface area contributed by atoms with Gasteiger partial charge in [0.2, 0.25) is 5.91 Å². The minimum absolute atomic E-state index is 0.123. The highest BCUT2D eigenvalue weighted by atomic mass is 32.2. The Morgan fingerprint density at radius 3 is 2.66 bits per heavy atom. The van der Waals surface area contributed by atoms with Gasteiger partial charge in [0.15, 0.2) is 12.4 Å². The van der Waals surface area contributed by atoms with E-state index in [1.165, 1.54) is 36.8 Å². The molecule has 29 heavy (non-hydrogen) atoms. The maximum absolute atomic E-state index is 12.5. The van der Waals surface area contributed by atoms with Crippen LogP contribution in [-0.2, 0) is 19.1 Å². The second kappa shape index (κ2) is 8.95. The van der Waals surface area contributed by atoms with E-state index in [2.05, 4.69) is 5.32 Å². The van der Waals surface area contributed by atoms with Crippen molar-refractivity contribution in [3.8, 4) is 0 Å². The fraction of sp³-hybridized carbons (Fsp3) is 0.300. The highest BCUT2D eigenvalue weighted by Gasteiger charge is 2.43. The lowest BCUT2D eigenvalue weighted by Gasteiger charge is -2.25. The maximum Gasteiger partial charge on any atom is 0.330 e. The van der Waals surface area contributed by atoms with Gasteiger partial charge in [0.25, 0.3) is 5.91 Å². The summed E-state index contributed by atoms with van der Waals surface area (Å²) in [5, 5.41) is 2.17. The third kappa shape index (κ3) is 4.86. The number of hydrogen-bond donors (Lipinski definition) is 1. The summed E-state index contributed by atoms with van der Waals surface area (Å²) < 4.78 is 10.5. The zero-order valence-electron chi connectivity index (χ0n) is 15.9. The summed E-state index contributed by atoms with van der Waals surface area (Å²) >= 11 is 1.39. The number of Topliss-reactive ketones (excluding diaryl/α,β-unsaturated/α-hetero) is 1. The number of nitrogens with one attached hydrogen (secondary N) is 1. The van der Waals surface area contributed by atoms with Crippen molar-refractivity contribution in [2.24, 2.45) is 0 Å². The lowest BCUT2D eigenvalue weighted by atomic mass is 10.1. The van der Waals surface area contributed by atoms with E-state index in [1.807, 2.05) is 0 Å². The number of nitrogens with zero attached hydrogens (tertiary/aromatic N) is 1. The van der Waals surface area contributed by atoms with Crippen molar-refractivity contribution in [3.05, 3.63) is 54.0 Å². The van der Waals surface area contributed by atoms with Crippen molar-refractivity contribution in [2.45, 2.75) is 25.3 Å². The summed E-state index contributed by atoms with van der Waals surface area (Å²) in [5.74, 6) is -0.698. The molecule has 1 aromatic carbocycles. The van der Waals surface area contributed by atoms with Crippen LogP contribution in [-0.4, -0.2) is 46.9 Å². The molecule has 8 nitrogen and oxygen atoms in total. The number of hydrogen-bond acceptors (Lipinski definition) is 7. The van der Waals surface area contributed by atoms with Gasteiger partial charge in [0.1, 0.15) is 17.2 Å². The first-order valence-corrected chi connectivity index (χ1v) is 9.93. The van der Waals surface area contributed by atoms with Gasteiger partial charge < -0.3 is 19.4 Å². The number of rotatable bonds is 6. The van der Waals surface area contributed by atoms with Gasteiger partial charge in [-0.15, -0.1) is 11.8 Å². The SMILES string of the molecule is CC(=O)c1cccc(NC(=O)COC(=O)[C@@H]2CS[C@H](c3ccco3)N2C(C)=O)c1. The predicted octanol–water partition coefficient (Wildman–Crippen LogP) is 2.63. The zero-order valence-corrected chi connectivity index (χ0v) is 16.7. The highest BCUT2D eigenvalue weighted by Crippen LogP contribution is 2.41. The Labute approximate surface area is 171 Å². The zero-order chi connectivity index (χ0) is 21.0. The monoisotopic (exact) mass is 416 g/mol. The molecule has 0 aliphatic carbocycles. The molecular weight excluding hydrogens is 396 g/mol. The molecule has 1 saturated heterocycles. The van der Waals surface area contributed by atoms with Gasteiger partial charge in [-0.1, -0.05) is 12.1 Å². The second-order valence-electron chi connectivity index (χ2n) is 6.44. The van der Waals surface area contributed by atoms with Crippen molar-refractivity contribution in [1.29, 1.82) is 0 Å². The van der Waals surface area contributed by atoms with Gasteiger partial charge in [-0.3, -0.25) is 14.4 Å². The van der Waals surface area contributed by atoms with Gasteiger partial charge in [-0.25, -0.2) is 4.79 Å². The van der Waals surface area contributed by atoms with Gasteiger partial charge in [-0.05, 0) is 31.2 Å². The van der Waals surface area contributed by atoms with E-state index in [9.17, 15) is 19.2 Å². The number of anilines is 1.